The summed E-state index contributed by atoms with van der Waals surface area (Å²) in [5.74, 6) is -0.132. The highest BCUT2D eigenvalue weighted by molar-refractivity contribution is 9.09. The van der Waals surface area contributed by atoms with E-state index in [0.29, 0.717) is 5.56 Å². The van der Waals surface area contributed by atoms with E-state index < -0.39 is 5.97 Å². The molecule has 0 radical (unpaired) electrons. The van der Waals surface area contributed by atoms with E-state index in [0.717, 1.165) is 17.7 Å². The lowest BCUT2D eigenvalue weighted by Gasteiger charge is -2.00. The van der Waals surface area contributed by atoms with Gasteiger partial charge in [0.2, 0.25) is 0 Å². The molecule has 1 aliphatic heterocycles. The fraction of sp³-hybridized carbons (Fsp3) is 0.222. The third kappa shape index (κ3) is 1.54. The van der Waals surface area contributed by atoms with E-state index in [4.69, 9.17) is 9.84 Å². The first-order valence-electron chi connectivity index (χ1n) is 3.84. The van der Waals surface area contributed by atoms with Crippen LogP contribution in [0.2, 0.25) is 0 Å². The topological polar surface area (TPSA) is 46.5 Å². The predicted molar refractivity (Wildman–Crippen MR) is 50.4 cm³/mol. The van der Waals surface area contributed by atoms with Crippen molar-refractivity contribution in [2.75, 3.05) is 0 Å². The first-order chi connectivity index (χ1) is 6.16. The summed E-state index contributed by atoms with van der Waals surface area (Å²) in [6, 6.07) is 4.89. The van der Waals surface area contributed by atoms with E-state index in [9.17, 15) is 4.79 Å². The lowest BCUT2D eigenvalue weighted by atomic mass is 10.1. The molecular formula is C9H7BrO3. The maximum atomic E-state index is 10.6. The van der Waals surface area contributed by atoms with Crippen LogP contribution in [0.5, 0.6) is 5.75 Å². The molecule has 0 spiro atoms. The predicted octanol–water partition coefficient (Wildman–Crippen LogP) is 2.04. The van der Waals surface area contributed by atoms with Gasteiger partial charge in [0.1, 0.15) is 5.75 Å². The first kappa shape index (κ1) is 8.56. The van der Waals surface area contributed by atoms with Crippen molar-refractivity contribution < 1.29 is 14.6 Å². The number of ether oxygens (including phenoxy) is 1. The van der Waals surface area contributed by atoms with E-state index in [-0.39, 0.29) is 5.01 Å². The summed E-state index contributed by atoms with van der Waals surface area (Å²) in [6.45, 7) is 0. The molecule has 1 atom stereocenters. The van der Waals surface area contributed by atoms with Gasteiger partial charge >= 0.3 is 5.97 Å². The van der Waals surface area contributed by atoms with Crippen LogP contribution in [0.4, 0.5) is 0 Å². The van der Waals surface area contributed by atoms with Gasteiger partial charge in [-0.15, -0.1) is 0 Å². The number of carbonyl (C=O) groups is 1. The van der Waals surface area contributed by atoms with Crippen molar-refractivity contribution in [2.24, 2.45) is 0 Å². The number of hydrogen-bond donors (Lipinski definition) is 1. The molecule has 0 amide bonds. The monoisotopic (exact) mass is 242 g/mol. The van der Waals surface area contributed by atoms with Crippen LogP contribution < -0.4 is 4.74 Å². The molecule has 68 valence electrons. The number of halogens is 1. The zero-order valence-electron chi connectivity index (χ0n) is 6.66. The Morgan fingerprint density at radius 1 is 1.62 bits per heavy atom. The van der Waals surface area contributed by atoms with Crippen molar-refractivity contribution >= 4 is 21.9 Å². The maximum Gasteiger partial charge on any atom is 0.335 e. The van der Waals surface area contributed by atoms with E-state index in [2.05, 4.69) is 15.9 Å². The zero-order valence-corrected chi connectivity index (χ0v) is 8.24. The molecule has 1 aromatic rings. The van der Waals surface area contributed by atoms with Gasteiger partial charge in [-0.3, -0.25) is 0 Å². The standard InChI is InChI=1S/C9H7BrO3/c10-8-4-6-3-5(9(11)12)1-2-7(6)13-8/h1-3,8H,4H2,(H,11,12). The van der Waals surface area contributed by atoms with Gasteiger partial charge in [-0.25, -0.2) is 4.79 Å². The van der Waals surface area contributed by atoms with Crippen LogP contribution in [0.3, 0.4) is 0 Å². The van der Waals surface area contributed by atoms with Gasteiger partial charge in [-0.1, -0.05) is 0 Å². The third-order valence-electron chi connectivity index (χ3n) is 1.94. The molecule has 0 saturated heterocycles. The van der Waals surface area contributed by atoms with Crippen molar-refractivity contribution in [3.05, 3.63) is 29.3 Å². The number of hydrogen-bond acceptors (Lipinski definition) is 2. The fourth-order valence-electron chi connectivity index (χ4n) is 1.34. The van der Waals surface area contributed by atoms with Gasteiger partial charge in [0, 0.05) is 6.42 Å². The Morgan fingerprint density at radius 3 is 3.08 bits per heavy atom. The largest absolute Gasteiger partial charge is 0.479 e. The Labute approximate surface area is 83.5 Å². The van der Waals surface area contributed by atoms with Crippen LogP contribution in [0.15, 0.2) is 18.2 Å². The minimum atomic E-state index is -0.902. The smallest absolute Gasteiger partial charge is 0.335 e. The first-order valence-corrected chi connectivity index (χ1v) is 4.75. The average molecular weight is 243 g/mol. The van der Waals surface area contributed by atoms with Gasteiger partial charge in [-0.2, -0.15) is 0 Å². The van der Waals surface area contributed by atoms with Gasteiger partial charge in [0.05, 0.1) is 5.56 Å². The fourth-order valence-corrected chi connectivity index (χ4v) is 1.89. The van der Waals surface area contributed by atoms with Gasteiger partial charge < -0.3 is 9.84 Å². The summed E-state index contributed by atoms with van der Waals surface area (Å²) >= 11 is 3.31. The molecule has 3 nitrogen and oxygen atoms in total. The molecule has 0 aliphatic carbocycles. The summed E-state index contributed by atoms with van der Waals surface area (Å²) in [5, 5.41) is 8.71. The van der Waals surface area contributed by atoms with Crippen LogP contribution in [-0.4, -0.2) is 16.1 Å². The Bertz CT molecular complexity index is 362. The highest BCUT2D eigenvalue weighted by Crippen LogP contribution is 2.31. The third-order valence-corrected chi connectivity index (χ3v) is 2.45. The minimum Gasteiger partial charge on any atom is -0.479 e. The van der Waals surface area contributed by atoms with Crippen LogP contribution in [0.25, 0.3) is 0 Å². The van der Waals surface area contributed by atoms with Crippen molar-refractivity contribution in [2.45, 2.75) is 11.4 Å². The molecule has 1 aromatic carbocycles. The second kappa shape index (κ2) is 3.03. The van der Waals surface area contributed by atoms with Crippen LogP contribution in [0, 0.1) is 0 Å². The highest BCUT2D eigenvalue weighted by Gasteiger charge is 2.21. The molecule has 0 saturated carbocycles. The Morgan fingerprint density at radius 2 is 2.38 bits per heavy atom. The van der Waals surface area contributed by atoms with E-state index in [1.165, 1.54) is 0 Å². The molecule has 1 N–H and O–H groups in total. The molecule has 0 bridgehead atoms. The molecule has 1 aliphatic rings. The van der Waals surface area contributed by atoms with E-state index >= 15 is 0 Å². The number of carboxylic acid groups (broad SMARTS) is 1. The summed E-state index contributed by atoms with van der Waals surface area (Å²) in [6.07, 6.45) is 0.719. The van der Waals surface area contributed by atoms with Crippen molar-refractivity contribution in [3.63, 3.8) is 0 Å². The molecule has 0 fully saturated rings. The Balaban J connectivity index is 2.40. The van der Waals surface area contributed by atoms with E-state index in [1.54, 1.807) is 18.2 Å². The highest BCUT2D eigenvalue weighted by atomic mass is 79.9. The normalized spacial score (nSPS) is 19.3. The van der Waals surface area contributed by atoms with Gasteiger partial charge in [0.25, 0.3) is 0 Å². The van der Waals surface area contributed by atoms with Crippen molar-refractivity contribution in [1.82, 2.24) is 0 Å². The van der Waals surface area contributed by atoms with Gasteiger partial charge in [-0.05, 0) is 39.7 Å². The Hall–Kier alpha value is -1.03. The zero-order chi connectivity index (χ0) is 9.42. The molecule has 13 heavy (non-hydrogen) atoms. The quantitative estimate of drug-likeness (QED) is 0.767. The number of benzene rings is 1. The number of rotatable bonds is 1. The second-order valence-electron chi connectivity index (χ2n) is 2.86. The summed E-state index contributed by atoms with van der Waals surface area (Å²) in [7, 11) is 0. The van der Waals surface area contributed by atoms with E-state index in [1.807, 2.05) is 0 Å². The number of carboxylic acids is 1. The second-order valence-corrected chi connectivity index (χ2v) is 3.88. The summed E-state index contributed by atoms with van der Waals surface area (Å²) in [5.41, 5.74) is 1.26. The maximum absolute atomic E-state index is 10.6. The van der Waals surface area contributed by atoms with Crippen LogP contribution in [0.1, 0.15) is 15.9 Å². The average Bonchev–Trinajstić information content (AvgIpc) is 2.42. The molecule has 4 heteroatoms. The summed E-state index contributed by atoms with van der Waals surface area (Å²) < 4.78 is 5.37. The van der Waals surface area contributed by atoms with Crippen molar-refractivity contribution in [3.8, 4) is 5.75 Å². The number of alkyl halides is 1. The van der Waals surface area contributed by atoms with Crippen molar-refractivity contribution in [1.29, 1.82) is 0 Å². The van der Waals surface area contributed by atoms with Gasteiger partial charge in [0.15, 0.2) is 5.01 Å². The SMILES string of the molecule is O=C(O)c1ccc2c(c1)CC(Br)O2. The molecule has 1 unspecified atom stereocenters. The molecular weight excluding hydrogens is 236 g/mol. The molecule has 0 aromatic heterocycles. The summed E-state index contributed by atoms with van der Waals surface area (Å²) in [4.78, 5) is 10.6. The van der Waals surface area contributed by atoms with Crippen LogP contribution in [-0.2, 0) is 6.42 Å². The Kier molecular flexibility index (Phi) is 2.00. The minimum absolute atomic E-state index is 0.0217. The molecule has 1 heterocycles. The lowest BCUT2D eigenvalue weighted by molar-refractivity contribution is 0.0697. The molecule has 2 rings (SSSR count). The lowest BCUT2D eigenvalue weighted by Crippen LogP contribution is -2.00. The number of fused-ring (bicyclic) bond motifs is 1. The van der Waals surface area contributed by atoms with Crippen LogP contribution >= 0.6 is 15.9 Å². The number of aromatic carboxylic acids is 1.